The van der Waals surface area contributed by atoms with Gasteiger partial charge in [0.2, 0.25) is 10.0 Å². The molecule has 21 heavy (non-hydrogen) atoms. The first kappa shape index (κ1) is 16.5. The predicted molar refractivity (Wildman–Crippen MR) is 77.2 cm³/mol. The third-order valence-corrected chi connectivity index (χ3v) is 5.59. The number of benzene rings is 1. The lowest BCUT2D eigenvalue weighted by Crippen LogP contribution is -2.45. The lowest BCUT2D eigenvalue weighted by atomic mass is 10.2. The van der Waals surface area contributed by atoms with Crippen LogP contribution < -0.4 is 0 Å². The van der Waals surface area contributed by atoms with Crippen LogP contribution in [0.3, 0.4) is 0 Å². The van der Waals surface area contributed by atoms with E-state index in [1.165, 1.54) is 25.3 Å². The maximum atomic E-state index is 12.6. The smallest absolute Gasteiger partial charge is 0.324 e. The Labute approximate surface area is 132 Å². The number of carbonyl (C=O) groups is 1. The standard InChI is InChI=1S/C12H13Cl2NO5S/c1-20-10-2-3-15(11(10)12(16)17)21(18,19)9-5-7(13)4-8(14)6-9/h4-6,10-11H,2-3H2,1H3,(H,16,17)/t10-,11+/m1/s1. The van der Waals surface area contributed by atoms with Crippen molar-refractivity contribution < 1.29 is 23.1 Å². The zero-order valence-electron chi connectivity index (χ0n) is 11.0. The minimum Gasteiger partial charge on any atom is -0.480 e. The maximum absolute atomic E-state index is 12.6. The number of hydrogen-bond donors (Lipinski definition) is 1. The van der Waals surface area contributed by atoms with Gasteiger partial charge in [-0.15, -0.1) is 0 Å². The van der Waals surface area contributed by atoms with Gasteiger partial charge in [0.1, 0.15) is 6.04 Å². The summed E-state index contributed by atoms with van der Waals surface area (Å²) in [5, 5.41) is 9.59. The van der Waals surface area contributed by atoms with Crippen LogP contribution in [0.4, 0.5) is 0 Å². The summed E-state index contributed by atoms with van der Waals surface area (Å²) in [6.07, 6.45) is -0.381. The van der Waals surface area contributed by atoms with Crippen LogP contribution in [-0.2, 0) is 19.6 Å². The fourth-order valence-corrected chi connectivity index (χ4v) is 4.70. The molecular formula is C12H13Cl2NO5S. The van der Waals surface area contributed by atoms with Crippen molar-refractivity contribution in [1.29, 1.82) is 0 Å². The van der Waals surface area contributed by atoms with Crippen molar-refractivity contribution in [2.75, 3.05) is 13.7 Å². The summed E-state index contributed by atoms with van der Waals surface area (Å²) in [5.41, 5.74) is 0. The van der Waals surface area contributed by atoms with Gasteiger partial charge in [0.05, 0.1) is 11.0 Å². The number of aliphatic carboxylic acids is 1. The van der Waals surface area contributed by atoms with Crippen LogP contribution in [0.2, 0.25) is 10.0 Å². The number of methoxy groups -OCH3 is 1. The van der Waals surface area contributed by atoms with Gasteiger partial charge in [-0.1, -0.05) is 23.2 Å². The van der Waals surface area contributed by atoms with Gasteiger partial charge in [-0.05, 0) is 24.6 Å². The van der Waals surface area contributed by atoms with Crippen LogP contribution in [0, 0.1) is 0 Å². The van der Waals surface area contributed by atoms with E-state index in [0.29, 0.717) is 6.42 Å². The minimum atomic E-state index is -4.02. The summed E-state index contributed by atoms with van der Waals surface area (Å²) in [5.74, 6) is -1.25. The SMILES string of the molecule is CO[C@@H]1CCN(S(=O)(=O)c2cc(Cl)cc(Cl)c2)[C@@H]1C(=O)O. The highest BCUT2D eigenvalue weighted by Gasteiger charge is 2.46. The van der Waals surface area contributed by atoms with Crippen molar-refractivity contribution in [3.8, 4) is 0 Å². The molecule has 1 heterocycles. The summed E-state index contributed by atoms with van der Waals surface area (Å²) in [6, 6.07) is 2.61. The zero-order valence-corrected chi connectivity index (χ0v) is 13.3. The number of halogens is 2. The Hall–Kier alpha value is -0.860. The fourth-order valence-electron chi connectivity index (χ4n) is 2.35. The molecule has 2 rings (SSSR count). The van der Waals surface area contributed by atoms with Crippen LogP contribution in [0.5, 0.6) is 0 Å². The zero-order chi connectivity index (χ0) is 15.8. The summed E-state index contributed by atoms with van der Waals surface area (Å²) >= 11 is 11.6. The van der Waals surface area contributed by atoms with Gasteiger partial charge in [0, 0.05) is 23.7 Å². The van der Waals surface area contributed by atoms with Gasteiger partial charge >= 0.3 is 5.97 Å². The average molecular weight is 354 g/mol. The molecule has 1 aromatic carbocycles. The normalized spacial score (nSPS) is 23.4. The Balaban J connectivity index is 2.45. The van der Waals surface area contributed by atoms with Crippen molar-refractivity contribution in [3.63, 3.8) is 0 Å². The van der Waals surface area contributed by atoms with E-state index in [1.54, 1.807) is 0 Å². The van der Waals surface area contributed by atoms with Gasteiger partial charge < -0.3 is 9.84 Å². The maximum Gasteiger partial charge on any atom is 0.324 e. The van der Waals surface area contributed by atoms with Crippen LogP contribution in [0.15, 0.2) is 23.1 Å². The van der Waals surface area contributed by atoms with E-state index in [2.05, 4.69) is 0 Å². The second-order valence-electron chi connectivity index (χ2n) is 4.57. The summed E-state index contributed by atoms with van der Waals surface area (Å²) in [6.45, 7) is 0.0575. The molecule has 1 aromatic rings. The second kappa shape index (κ2) is 6.10. The quantitative estimate of drug-likeness (QED) is 0.892. The van der Waals surface area contributed by atoms with Gasteiger partial charge in [0.15, 0.2) is 0 Å². The molecule has 0 saturated carbocycles. The molecule has 6 nitrogen and oxygen atoms in total. The van der Waals surface area contributed by atoms with E-state index < -0.39 is 28.1 Å². The van der Waals surface area contributed by atoms with Crippen LogP contribution in [0.25, 0.3) is 0 Å². The molecule has 0 aliphatic carbocycles. The summed E-state index contributed by atoms with van der Waals surface area (Å²) in [4.78, 5) is 11.2. The predicted octanol–water partition coefficient (Wildman–Crippen LogP) is 1.86. The largest absolute Gasteiger partial charge is 0.480 e. The topological polar surface area (TPSA) is 83.9 Å². The fraction of sp³-hybridized carbons (Fsp3) is 0.417. The number of carboxylic acid groups (broad SMARTS) is 1. The first-order valence-electron chi connectivity index (χ1n) is 6.01. The van der Waals surface area contributed by atoms with Crippen molar-refractivity contribution in [2.45, 2.75) is 23.5 Å². The highest BCUT2D eigenvalue weighted by Crippen LogP contribution is 2.30. The van der Waals surface area contributed by atoms with Crippen molar-refractivity contribution >= 4 is 39.2 Å². The van der Waals surface area contributed by atoms with Gasteiger partial charge in [-0.3, -0.25) is 4.79 Å². The highest BCUT2D eigenvalue weighted by atomic mass is 35.5. The Morgan fingerprint density at radius 1 is 1.33 bits per heavy atom. The number of hydrogen-bond acceptors (Lipinski definition) is 4. The lowest BCUT2D eigenvalue weighted by Gasteiger charge is -2.23. The van der Waals surface area contributed by atoms with E-state index in [4.69, 9.17) is 27.9 Å². The molecule has 1 aliphatic heterocycles. The van der Waals surface area contributed by atoms with Crippen molar-refractivity contribution in [1.82, 2.24) is 4.31 Å². The van der Waals surface area contributed by atoms with E-state index in [0.717, 1.165) is 4.31 Å². The molecule has 0 spiro atoms. The molecule has 0 amide bonds. The Morgan fingerprint density at radius 2 is 1.90 bits per heavy atom. The molecule has 1 aliphatic rings. The third-order valence-electron chi connectivity index (χ3n) is 3.29. The molecule has 9 heteroatoms. The van der Waals surface area contributed by atoms with E-state index in [-0.39, 0.29) is 21.5 Å². The molecule has 0 aromatic heterocycles. The molecular weight excluding hydrogens is 341 g/mol. The molecule has 0 unspecified atom stereocenters. The van der Waals surface area contributed by atoms with Crippen LogP contribution in [-0.4, -0.2) is 49.6 Å². The Morgan fingerprint density at radius 3 is 2.38 bits per heavy atom. The van der Waals surface area contributed by atoms with Crippen LogP contribution in [0.1, 0.15) is 6.42 Å². The third kappa shape index (κ3) is 3.17. The number of rotatable bonds is 4. The highest BCUT2D eigenvalue weighted by molar-refractivity contribution is 7.89. The first-order chi connectivity index (χ1) is 9.77. The van der Waals surface area contributed by atoms with Gasteiger partial charge in [-0.2, -0.15) is 4.31 Å². The Bertz CT molecular complexity index is 643. The van der Waals surface area contributed by atoms with Gasteiger partial charge in [0.25, 0.3) is 0 Å². The molecule has 0 bridgehead atoms. The van der Waals surface area contributed by atoms with Crippen LogP contribution >= 0.6 is 23.2 Å². The first-order valence-corrected chi connectivity index (χ1v) is 8.20. The van der Waals surface area contributed by atoms with E-state index in [1.807, 2.05) is 0 Å². The number of nitrogens with zero attached hydrogens (tertiary/aromatic N) is 1. The summed E-state index contributed by atoms with van der Waals surface area (Å²) < 4.78 is 31.2. The van der Waals surface area contributed by atoms with Gasteiger partial charge in [-0.25, -0.2) is 8.42 Å². The van der Waals surface area contributed by atoms with E-state index in [9.17, 15) is 18.3 Å². The molecule has 1 N–H and O–H groups in total. The molecule has 1 saturated heterocycles. The Kier molecular flexibility index (Phi) is 4.79. The molecule has 0 radical (unpaired) electrons. The molecule has 1 fully saturated rings. The number of carboxylic acids is 1. The minimum absolute atomic E-state index is 0.0575. The lowest BCUT2D eigenvalue weighted by molar-refractivity contribution is -0.143. The number of sulfonamides is 1. The van der Waals surface area contributed by atoms with Crippen molar-refractivity contribution in [3.05, 3.63) is 28.2 Å². The van der Waals surface area contributed by atoms with Crippen molar-refractivity contribution in [2.24, 2.45) is 0 Å². The number of ether oxygens (including phenoxy) is 1. The van der Waals surface area contributed by atoms with E-state index >= 15 is 0 Å². The second-order valence-corrected chi connectivity index (χ2v) is 7.33. The molecule has 2 atom stereocenters. The summed E-state index contributed by atoms with van der Waals surface area (Å²) in [7, 11) is -2.66. The average Bonchev–Trinajstić information content (AvgIpc) is 2.82. The monoisotopic (exact) mass is 353 g/mol. The molecule has 116 valence electrons.